The van der Waals surface area contributed by atoms with Crippen molar-refractivity contribution in [1.29, 1.82) is 0 Å². The van der Waals surface area contributed by atoms with Gasteiger partial charge in [0.2, 0.25) is 0 Å². The number of hydrogen-bond acceptors (Lipinski definition) is 7. The number of carbonyl (C=O) groups excluding carboxylic acids is 2. The van der Waals surface area contributed by atoms with Crippen molar-refractivity contribution >= 4 is 11.8 Å². The Morgan fingerprint density at radius 3 is 2.41 bits per heavy atom. The Hall–Kier alpha value is -2.94. The molecule has 34 heavy (non-hydrogen) atoms. The van der Waals surface area contributed by atoms with Crippen LogP contribution in [-0.2, 0) is 15.9 Å². The molecule has 0 spiro atoms. The van der Waals surface area contributed by atoms with E-state index in [-0.39, 0.29) is 24.4 Å². The van der Waals surface area contributed by atoms with E-state index in [4.69, 9.17) is 18.9 Å². The van der Waals surface area contributed by atoms with E-state index in [2.05, 4.69) is 11.8 Å². The van der Waals surface area contributed by atoms with Crippen molar-refractivity contribution < 1.29 is 28.5 Å². The highest BCUT2D eigenvalue weighted by molar-refractivity contribution is 6.21. The second kappa shape index (κ2) is 9.37. The van der Waals surface area contributed by atoms with Crippen LogP contribution in [-0.4, -0.2) is 80.0 Å². The molecule has 0 bridgehead atoms. The van der Waals surface area contributed by atoms with Crippen molar-refractivity contribution in [2.45, 2.75) is 31.6 Å². The molecule has 0 N–H and O–H groups in total. The SMILES string of the molecule is CCCN(CC1(CN2C(=O)c3ccccc3C2=O)OCCO1)C1COc2cccc(OC)c2C1. The summed E-state index contributed by atoms with van der Waals surface area (Å²) in [5.74, 6) is -0.0284. The lowest BCUT2D eigenvalue weighted by atomic mass is 9.99. The molecule has 0 radical (unpaired) electrons. The average Bonchev–Trinajstić information content (AvgIpc) is 3.42. The Labute approximate surface area is 199 Å². The molecule has 180 valence electrons. The first-order chi connectivity index (χ1) is 16.5. The summed E-state index contributed by atoms with van der Waals surface area (Å²) in [5, 5.41) is 0. The lowest BCUT2D eigenvalue weighted by Crippen LogP contribution is -2.56. The molecule has 0 aromatic heterocycles. The van der Waals surface area contributed by atoms with Gasteiger partial charge in [-0.05, 0) is 43.7 Å². The molecule has 2 amide bonds. The maximum Gasteiger partial charge on any atom is 0.261 e. The fraction of sp³-hybridized carbons (Fsp3) is 0.462. The van der Waals surface area contributed by atoms with Gasteiger partial charge >= 0.3 is 0 Å². The van der Waals surface area contributed by atoms with E-state index in [0.29, 0.717) is 37.5 Å². The van der Waals surface area contributed by atoms with Crippen molar-refractivity contribution in [3.8, 4) is 11.5 Å². The van der Waals surface area contributed by atoms with Gasteiger partial charge in [-0.3, -0.25) is 19.4 Å². The summed E-state index contributed by atoms with van der Waals surface area (Å²) in [7, 11) is 1.67. The predicted molar refractivity (Wildman–Crippen MR) is 124 cm³/mol. The minimum atomic E-state index is -1.08. The molecule has 0 saturated carbocycles. The van der Waals surface area contributed by atoms with Crippen LogP contribution in [0.4, 0.5) is 0 Å². The summed E-state index contributed by atoms with van der Waals surface area (Å²) in [6.45, 7) is 4.76. The maximum atomic E-state index is 13.0. The highest BCUT2D eigenvalue weighted by atomic mass is 16.7. The molecule has 3 heterocycles. The van der Waals surface area contributed by atoms with E-state index in [1.807, 2.05) is 18.2 Å². The summed E-state index contributed by atoms with van der Waals surface area (Å²) in [4.78, 5) is 29.6. The van der Waals surface area contributed by atoms with E-state index in [9.17, 15) is 9.59 Å². The van der Waals surface area contributed by atoms with Crippen LogP contribution in [0.2, 0.25) is 0 Å². The van der Waals surface area contributed by atoms with Gasteiger partial charge < -0.3 is 18.9 Å². The molecule has 3 aliphatic rings. The van der Waals surface area contributed by atoms with E-state index >= 15 is 0 Å². The van der Waals surface area contributed by atoms with Gasteiger partial charge in [0, 0.05) is 11.6 Å². The number of rotatable bonds is 8. The van der Waals surface area contributed by atoms with Crippen LogP contribution in [0, 0.1) is 0 Å². The largest absolute Gasteiger partial charge is 0.496 e. The molecule has 8 nitrogen and oxygen atoms in total. The summed E-state index contributed by atoms with van der Waals surface area (Å²) < 4.78 is 23.9. The highest BCUT2D eigenvalue weighted by Crippen LogP contribution is 2.35. The molecule has 2 aromatic rings. The van der Waals surface area contributed by atoms with E-state index < -0.39 is 5.79 Å². The van der Waals surface area contributed by atoms with Gasteiger partial charge in [0.1, 0.15) is 18.1 Å². The van der Waals surface area contributed by atoms with Crippen LogP contribution in [0.1, 0.15) is 39.6 Å². The van der Waals surface area contributed by atoms with Crippen LogP contribution < -0.4 is 9.47 Å². The number of fused-ring (bicyclic) bond motifs is 2. The molecule has 1 unspecified atom stereocenters. The minimum absolute atomic E-state index is 0.0487. The fourth-order valence-electron chi connectivity index (χ4n) is 5.13. The number of benzene rings is 2. The highest BCUT2D eigenvalue weighted by Gasteiger charge is 2.47. The summed E-state index contributed by atoms with van der Waals surface area (Å²) in [5.41, 5.74) is 1.90. The number of nitrogens with zero attached hydrogens (tertiary/aromatic N) is 2. The quantitative estimate of drug-likeness (QED) is 0.554. The minimum Gasteiger partial charge on any atom is -0.496 e. The Morgan fingerprint density at radius 1 is 1.06 bits per heavy atom. The molecule has 5 rings (SSSR count). The van der Waals surface area contributed by atoms with Gasteiger partial charge in [0.15, 0.2) is 5.79 Å². The van der Waals surface area contributed by atoms with Gasteiger partial charge in [0.25, 0.3) is 11.8 Å². The fourth-order valence-corrected chi connectivity index (χ4v) is 5.13. The zero-order valence-electron chi connectivity index (χ0n) is 19.6. The van der Waals surface area contributed by atoms with Gasteiger partial charge in [-0.25, -0.2) is 0 Å². The Morgan fingerprint density at radius 2 is 1.76 bits per heavy atom. The molecular weight excluding hydrogens is 436 g/mol. The first-order valence-electron chi connectivity index (χ1n) is 11.8. The third kappa shape index (κ3) is 4.06. The normalized spacial score (nSPS) is 20.9. The van der Waals surface area contributed by atoms with Crippen LogP contribution in [0.15, 0.2) is 42.5 Å². The number of hydrogen-bond donors (Lipinski definition) is 0. The topological polar surface area (TPSA) is 77.5 Å². The molecule has 1 saturated heterocycles. The van der Waals surface area contributed by atoms with Crippen molar-refractivity contribution in [1.82, 2.24) is 9.80 Å². The standard InChI is InChI=1S/C26H30N2O6/c1-3-11-27(18-14-21-22(31-2)9-6-10-23(21)32-15-18)16-26(33-12-13-34-26)17-28-24(29)19-7-4-5-8-20(19)25(28)30/h4-10,18H,3,11-17H2,1-2H3. The van der Waals surface area contributed by atoms with E-state index in [1.54, 1.807) is 31.4 Å². The molecule has 3 aliphatic heterocycles. The van der Waals surface area contributed by atoms with Gasteiger partial charge in [-0.2, -0.15) is 0 Å². The number of amides is 2. The smallest absolute Gasteiger partial charge is 0.261 e. The second-order valence-electron chi connectivity index (χ2n) is 8.93. The predicted octanol–water partition coefficient (Wildman–Crippen LogP) is 2.75. The van der Waals surface area contributed by atoms with Crippen molar-refractivity contribution in [2.24, 2.45) is 0 Å². The summed E-state index contributed by atoms with van der Waals surface area (Å²) in [6.07, 6.45) is 1.70. The van der Waals surface area contributed by atoms with Crippen LogP contribution in [0.3, 0.4) is 0 Å². The molecule has 0 aliphatic carbocycles. The third-order valence-corrected chi connectivity index (χ3v) is 6.74. The van der Waals surface area contributed by atoms with E-state index in [1.165, 1.54) is 4.90 Å². The summed E-state index contributed by atoms with van der Waals surface area (Å²) in [6, 6.07) is 12.8. The molecule has 2 aromatic carbocycles. The van der Waals surface area contributed by atoms with Crippen molar-refractivity contribution in [3.63, 3.8) is 0 Å². The molecule has 8 heteroatoms. The number of ether oxygens (including phenoxy) is 4. The number of imide groups is 1. The monoisotopic (exact) mass is 466 g/mol. The first-order valence-corrected chi connectivity index (χ1v) is 11.8. The lowest BCUT2D eigenvalue weighted by Gasteiger charge is -2.40. The first kappa shape index (κ1) is 22.8. The zero-order valence-corrected chi connectivity index (χ0v) is 19.6. The lowest BCUT2D eigenvalue weighted by molar-refractivity contribution is -0.180. The molecule has 1 atom stereocenters. The zero-order chi connectivity index (χ0) is 23.7. The Bertz CT molecular complexity index is 1030. The number of methoxy groups -OCH3 is 1. The average molecular weight is 467 g/mol. The van der Waals surface area contributed by atoms with E-state index in [0.717, 1.165) is 36.4 Å². The Balaban J connectivity index is 1.37. The summed E-state index contributed by atoms with van der Waals surface area (Å²) >= 11 is 0. The van der Waals surface area contributed by atoms with Gasteiger partial charge in [-0.1, -0.05) is 25.1 Å². The number of carbonyl (C=O) groups is 2. The van der Waals surface area contributed by atoms with Gasteiger partial charge in [0.05, 0.1) is 44.5 Å². The maximum absolute atomic E-state index is 13.0. The second-order valence-corrected chi connectivity index (χ2v) is 8.93. The van der Waals surface area contributed by atoms with Crippen LogP contribution in [0.25, 0.3) is 0 Å². The molecule has 1 fully saturated rings. The van der Waals surface area contributed by atoms with Crippen LogP contribution in [0.5, 0.6) is 11.5 Å². The van der Waals surface area contributed by atoms with Crippen LogP contribution >= 0.6 is 0 Å². The molecular formula is C26H30N2O6. The van der Waals surface area contributed by atoms with Crippen molar-refractivity contribution in [2.75, 3.05) is 46.6 Å². The Kier molecular flexibility index (Phi) is 6.29. The van der Waals surface area contributed by atoms with Crippen molar-refractivity contribution in [3.05, 3.63) is 59.2 Å². The third-order valence-electron chi connectivity index (χ3n) is 6.74. The van der Waals surface area contributed by atoms with Gasteiger partial charge in [-0.15, -0.1) is 0 Å².